The number of aliphatic imine (C=N–C) groups is 1. The van der Waals surface area contributed by atoms with Gasteiger partial charge in [0.2, 0.25) is 0 Å². The number of hydrogen-bond donors (Lipinski definition) is 2. The minimum atomic E-state index is 0. The molecule has 1 atom stereocenters. The van der Waals surface area contributed by atoms with Gasteiger partial charge in [0, 0.05) is 25.6 Å². The number of guanidine groups is 1. The third-order valence-corrected chi connectivity index (χ3v) is 3.13. The third-order valence-electron chi connectivity index (χ3n) is 3.13. The Labute approximate surface area is 126 Å². The predicted octanol–water partition coefficient (Wildman–Crippen LogP) is 2.52. The summed E-state index contributed by atoms with van der Waals surface area (Å²) >= 11 is 0. The summed E-state index contributed by atoms with van der Waals surface area (Å²) in [4.78, 5) is 4.21. The van der Waals surface area contributed by atoms with Crippen molar-refractivity contribution in [3.8, 4) is 0 Å². The summed E-state index contributed by atoms with van der Waals surface area (Å²) < 4.78 is 0. The molecule has 0 saturated carbocycles. The van der Waals surface area contributed by atoms with Crippen LogP contribution in [0.4, 0.5) is 0 Å². The molecule has 1 aromatic rings. The first kappa shape index (κ1) is 15.3. The number of halogens is 1. The molecule has 0 fully saturated rings. The molecule has 18 heavy (non-hydrogen) atoms. The Kier molecular flexibility index (Phi) is 5.91. The van der Waals surface area contributed by atoms with Gasteiger partial charge in [0.25, 0.3) is 0 Å². The highest BCUT2D eigenvalue weighted by molar-refractivity contribution is 14.0. The van der Waals surface area contributed by atoms with Crippen molar-refractivity contribution >= 4 is 29.9 Å². The maximum absolute atomic E-state index is 4.21. The molecule has 1 aromatic carbocycles. The van der Waals surface area contributed by atoms with Crippen molar-refractivity contribution in [3.05, 3.63) is 35.4 Å². The van der Waals surface area contributed by atoms with Gasteiger partial charge in [-0.1, -0.05) is 24.3 Å². The lowest BCUT2D eigenvalue weighted by Gasteiger charge is -2.30. The molecule has 0 heterocycles. The Bertz CT molecular complexity index is 415. The molecular weight excluding hydrogens is 337 g/mol. The summed E-state index contributed by atoms with van der Waals surface area (Å²) in [6, 6.07) is 9.08. The molecule has 1 aliphatic carbocycles. The zero-order valence-corrected chi connectivity index (χ0v) is 13.6. The van der Waals surface area contributed by atoms with E-state index in [1.54, 1.807) is 0 Å². The van der Waals surface area contributed by atoms with Crippen LogP contribution >= 0.6 is 24.0 Å². The van der Waals surface area contributed by atoms with E-state index in [0.717, 1.165) is 12.5 Å². The molecule has 0 aromatic heterocycles. The van der Waals surface area contributed by atoms with Crippen molar-refractivity contribution < 1.29 is 0 Å². The lowest BCUT2D eigenvalue weighted by molar-refractivity contribution is 0.579. The molecule has 0 spiro atoms. The molecule has 0 saturated heterocycles. The molecule has 1 unspecified atom stereocenters. The highest BCUT2D eigenvalue weighted by Gasteiger charge is 2.25. The second-order valence-electron chi connectivity index (χ2n) is 4.85. The van der Waals surface area contributed by atoms with Crippen LogP contribution in [-0.2, 0) is 6.42 Å². The highest BCUT2D eigenvalue weighted by atomic mass is 127. The number of nitrogens with one attached hydrogen (secondary N) is 2. The second-order valence-corrected chi connectivity index (χ2v) is 4.85. The van der Waals surface area contributed by atoms with Gasteiger partial charge in [0.05, 0.1) is 0 Å². The molecule has 0 bridgehead atoms. The van der Waals surface area contributed by atoms with Crippen LogP contribution in [-0.4, -0.2) is 25.6 Å². The Morgan fingerprint density at radius 3 is 2.72 bits per heavy atom. The minimum absolute atomic E-state index is 0. The number of fused-ring (bicyclic) bond motifs is 1. The minimum Gasteiger partial charge on any atom is -0.356 e. The van der Waals surface area contributed by atoms with Crippen LogP contribution in [0, 0.1) is 0 Å². The van der Waals surface area contributed by atoms with Gasteiger partial charge in [0.15, 0.2) is 5.96 Å². The van der Waals surface area contributed by atoms with E-state index in [2.05, 4.69) is 53.7 Å². The van der Waals surface area contributed by atoms with Crippen LogP contribution < -0.4 is 10.6 Å². The average molecular weight is 359 g/mol. The van der Waals surface area contributed by atoms with Crippen LogP contribution in [0.2, 0.25) is 0 Å². The maximum Gasteiger partial charge on any atom is 0.191 e. The lowest BCUT2D eigenvalue weighted by Crippen LogP contribution is -2.43. The second kappa shape index (κ2) is 6.97. The fourth-order valence-electron chi connectivity index (χ4n) is 2.23. The van der Waals surface area contributed by atoms with E-state index in [1.807, 2.05) is 7.05 Å². The van der Waals surface area contributed by atoms with Gasteiger partial charge in [-0.15, -0.1) is 24.0 Å². The molecule has 0 amide bonds. The van der Waals surface area contributed by atoms with E-state index in [1.165, 1.54) is 17.5 Å². The molecule has 0 radical (unpaired) electrons. The van der Waals surface area contributed by atoms with Crippen molar-refractivity contribution in [2.75, 3.05) is 13.6 Å². The van der Waals surface area contributed by atoms with Crippen LogP contribution in [0.1, 0.15) is 30.9 Å². The quantitative estimate of drug-likeness (QED) is 0.494. The lowest BCUT2D eigenvalue weighted by atomic mass is 9.78. The first-order valence-corrected chi connectivity index (χ1v) is 6.25. The first-order chi connectivity index (χ1) is 8.20. The van der Waals surface area contributed by atoms with Gasteiger partial charge in [0.1, 0.15) is 0 Å². The Hall–Kier alpha value is -0.780. The first-order valence-electron chi connectivity index (χ1n) is 6.25. The largest absolute Gasteiger partial charge is 0.356 e. The van der Waals surface area contributed by atoms with Crippen molar-refractivity contribution in [3.63, 3.8) is 0 Å². The van der Waals surface area contributed by atoms with E-state index < -0.39 is 0 Å². The van der Waals surface area contributed by atoms with E-state index in [4.69, 9.17) is 0 Å². The number of hydrogen-bond acceptors (Lipinski definition) is 1. The van der Waals surface area contributed by atoms with Crippen LogP contribution in [0.3, 0.4) is 0 Å². The molecule has 2 N–H and O–H groups in total. The van der Waals surface area contributed by atoms with Crippen LogP contribution in [0.5, 0.6) is 0 Å². The predicted molar refractivity (Wildman–Crippen MR) is 87.9 cm³/mol. The fourth-order valence-corrected chi connectivity index (χ4v) is 2.23. The van der Waals surface area contributed by atoms with Gasteiger partial charge < -0.3 is 10.6 Å². The van der Waals surface area contributed by atoms with Gasteiger partial charge in [-0.05, 0) is 31.4 Å². The summed E-state index contributed by atoms with van der Waals surface area (Å²) in [6.07, 6.45) is 1.18. The number of rotatable bonds is 3. The normalized spacial score (nSPS) is 17.6. The molecule has 100 valence electrons. The SMILES string of the molecule is CN=C(NCC1Cc2ccccc21)NC(C)C.I. The Balaban J connectivity index is 0.00000162. The Morgan fingerprint density at radius 1 is 1.39 bits per heavy atom. The molecular formula is C14H22IN3. The zero-order chi connectivity index (χ0) is 12.3. The maximum atomic E-state index is 4.21. The van der Waals surface area contributed by atoms with Crippen molar-refractivity contribution in [2.45, 2.75) is 32.2 Å². The van der Waals surface area contributed by atoms with Crippen molar-refractivity contribution in [1.29, 1.82) is 0 Å². The monoisotopic (exact) mass is 359 g/mol. The van der Waals surface area contributed by atoms with Crippen LogP contribution in [0.25, 0.3) is 0 Å². The van der Waals surface area contributed by atoms with Crippen molar-refractivity contribution in [1.82, 2.24) is 10.6 Å². The summed E-state index contributed by atoms with van der Waals surface area (Å²) in [7, 11) is 1.81. The van der Waals surface area contributed by atoms with Gasteiger partial charge in [-0.3, -0.25) is 4.99 Å². The molecule has 2 rings (SSSR count). The summed E-state index contributed by atoms with van der Waals surface area (Å²) in [5.74, 6) is 1.53. The average Bonchev–Trinajstić information content (AvgIpc) is 2.28. The highest BCUT2D eigenvalue weighted by Crippen LogP contribution is 2.33. The van der Waals surface area contributed by atoms with Gasteiger partial charge in [-0.2, -0.15) is 0 Å². The van der Waals surface area contributed by atoms with Gasteiger partial charge in [-0.25, -0.2) is 0 Å². The molecule has 0 aliphatic heterocycles. The van der Waals surface area contributed by atoms with Crippen LogP contribution in [0.15, 0.2) is 29.3 Å². The van der Waals surface area contributed by atoms with Gasteiger partial charge >= 0.3 is 0 Å². The standard InChI is InChI=1S/C14H21N3.HI/c1-10(2)17-14(15-3)16-9-12-8-11-6-4-5-7-13(11)12;/h4-7,10,12H,8-9H2,1-3H3,(H2,15,16,17);1H. The van der Waals surface area contributed by atoms with E-state index in [-0.39, 0.29) is 24.0 Å². The van der Waals surface area contributed by atoms with Crippen molar-refractivity contribution in [2.24, 2.45) is 4.99 Å². The Morgan fingerprint density at radius 2 is 2.11 bits per heavy atom. The fraction of sp³-hybridized carbons (Fsp3) is 0.500. The summed E-state index contributed by atoms with van der Waals surface area (Å²) in [5, 5.41) is 6.68. The number of nitrogens with zero attached hydrogens (tertiary/aromatic N) is 1. The number of benzene rings is 1. The smallest absolute Gasteiger partial charge is 0.191 e. The summed E-state index contributed by atoms with van der Waals surface area (Å²) in [5.41, 5.74) is 2.98. The molecule has 4 heteroatoms. The van der Waals surface area contributed by atoms with E-state index >= 15 is 0 Å². The summed E-state index contributed by atoms with van der Waals surface area (Å²) in [6.45, 7) is 5.19. The zero-order valence-electron chi connectivity index (χ0n) is 11.2. The molecule has 3 nitrogen and oxygen atoms in total. The molecule has 1 aliphatic rings. The topological polar surface area (TPSA) is 36.4 Å². The third kappa shape index (κ3) is 3.60. The van der Waals surface area contributed by atoms with E-state index in [9.17, 15) is 0 Å². The van der Waals surface area contributed by atoms with E-state index in [0.29, 0.717) is 12.0 Å².